The van der Waals surface area contributed by atoms with E-state index in [2.05, 4.69) is 5.32 Å². The molecule has 6 heteroatoms. The zero-order valence-electron chi connectivity index (χ0n) is 12.9. The molecule has 1 N–H and O–H groups in total. The minimum atomic E-state index is -0.675. The van der Waals surface area contributed by atoms with Crippen LogP contribution in [0.5, 0.6) is 5.75 Å². The molecule has 0 radical (unpaired) electrons. The third kappa shape index (κ3) is 3.34. The fourth-order valence-corrected chi connectivity index (χ4v) is 3.20. The number of amides is 1. The van der Waals surface area contributed by atoms with E-state index in [1.165, 1.54) is 19.6 Å². The lowest BCUT2D eigenvalue weighted by molar-refractivity contribution is 0.0924. The van der Waals surface area contributed by atoms with Crippen LogP contribution in [0.15, 0.2) is 27.4 Å². The van der Waals surface area contributed by atoms with Crippen molar-refractivity contribution in [1.29, 1.82) is 0 Å². The van der Waals surface area contributed by atoms with Crippen molar-refractivity contribution in [3.05, 3.63) is 39.2 Å². The first-order valence-electron chi connectivity index (χ1n) is 7.71. The van der Waals surface area contributed by atoms with Crippen molar-refractivity contribution in [3.8, 4) is 5.75 Å². The Bertz CT molecular complexity index is 793. The molecule has 1 aliphatic rings. The van der Waals surface area contributed by atoms with Gasteiger partial charge in [0.25, 0.3) is 5.91 Å². The molecular weight excluding hydrogens is 318 g/mol. The Morgan fingerprint density at radius 2 is 2.00 bits per heavy atom. The molecule has 0 unspecified atom stereocenters. The third-order valence-electron chi connectivity index (χ3n) is 4.17. The summed E-state index contributed by atoms with van der Waals surface area (Å²) in [5.41, 5.74) is -0.394. The van der Waals surface area contributed by atoms with Crippen LogP contribution in [0.2, 0.25) is 5.02 Å². The molecule has 1 aliphatic carbocycles. The van der Waals surface area contributed by atoms with E-state index in [-0.39, 0.29) is 17.2 Å². The van der Waals surface area contributed by atoms with E-state index in [1.807, 2.05) is 0 Å². The molecular formula is C17H18ClNO4. The number of nitrogens with one attached hydrogen (secondary N) is 1. The van der Waals surface area contributed by atoms with E-state index < -0.39 is 11.5 Å². The largest absolute Gasteiger partial charge is 0.493 e. The second kappa shape index (κ2) is 6.62. The molecule has 1 aromatic carbocycles. The van der Waals surface area contributed by atoms with Crippen LogP contribution in [0.3, 0.4) is 0 Å². The number of carbonyl (C=O) groups is 1. The van der Waals surface area contributed by atoms with Gasteiger partial charge in [0.1, 0.15) is 5.56 Å². The monoisotopic (exact) mass is 335 g/mol. The molecule has 23 heavy (non-hydrogen) atoms. The van der Waals surface area contributed by atoms with Gasteiger partial charge in [-0.1, -0.05) is 30.9 Å². The quantitative estimate of drug-likeness (QED) is 0.871. The Hall–Kier alpha value is -2.01. The predicted octanol–water partition coefficient (Wildman–Crippen LogP) is 3.52. The average molecular weight is 336 g/mol. The normalized spacial score (nSPS) is 15.6. The smallest absolute Gasteiger partial charge is 0.349 e. The van der Waals surface area contributed by atoms with Crippen molar-refractivity contribution >= 4 is 28.5 Å². The summed E-state index contributed by atoms with van der Waals surface area (Å²) in [4.78, 5) is 24.5. The highest BCUT2D eigenvalue weighted by Crippen LogP contribution is 2.29. The van der Waals surface area contributed by atoms with Crippen LogP contribution < -0.4 is 15.7 Å². The number of carbonyl (C=O) groups excluding carboxylic acids is 1. The molecule has 3 rings (SSSR count). The molecule has 1 saturated carbocycles. The van der Waals surface area contributed by atoms with E-state index >= 15 is 0 Å². The van der Waals surface area contributed by atoms with Crippen LogP contribution in [-0.2, 0) is 0 Å². The summed E-state index contributed by atoms with van der Waals surface area (Å²) < 4.78 is 10.4. The minimum Gasteiger partial charge on any atom is -0.493 e. The van der Waals surface area contributed by atoms with Gasteiger partial charge in [0, 0.05) is 22.5 Å². The highest BCUT2D eigenvalue weighted by molar-refractivity contribution is 6.31. The number of methoxy groups -OCH3 is 1. The van der Waals surface area contributed by atoms with Crippen LogP contribution in [0, 0.1) is 0 Å². The maximum absolute atomic E-state index is 12.4. The number of fused-ring (bicyclic) bond motifs is 1. The fourth-order valence-electron chi connectivity index (χ4n) is 2.99. The molecule has 0 bridgehead atoms. The highest BCUT2D eigenvalue weighted by atomic mass is 35.5. The number of rotatable bonds is 3. The summed E-state index contributed by atoms with van der Waals surface area (Å²) in [7, 11) is 1.47. The molecule has 0 aliphatic heterocycles. The Labute approximate surface area is 138 Å². The third-order valence-corrected chi connectivity index (χ3v) is 4.39. The fraction of sp³-hybridized carbons (Fsp3) is 0.412. The van der Waals surface area contributed by atoms with E-state index in [1.54, 1.807) is 12.1 Å². The second-order valence-electron chi connectivity index (χ2n) is 5.78. The first-order valence-corrected chi connectivity index (χ1v) is 8.08. The number of hydrogen-bond donors (Lipinski definition) is 1. The average Bonchev–Trinajstić information content (AvgIpc) is 2.54. The van der Waals surface area contributed by atoms with Crippen LogP contribution >= 0.6 is 11.6 Å². The topological polar surface area (TPSA) is 68.5 Å². The van der Waals surface area contributed by atoms with Crippen molar-refractivity contribution in [1.82, 2.24) is 5.32 Å². The lowest BCUT2D eigenvalue weighted by Gasteiger charge is -2.22. The molecule has 1 aromatic heterocycles. The van der Waals surface area contributed by atoms with Gasteiger partial charge < -0.3 is 14.5 Å². The first-order chi connectivity index (χ1) is 11.1. The van der Waals surface area contributed by atoms with Gasteiger partial charge in [-0.25, -0.2) is 4.79 Å². The Morgan fingerprint density at radius 3 is 2.70 bits per heavy atom. The van der Waals surface area contributed by atoms with Gasteiger partial charge >= 0.3 is 5.63 Å². The van der Waals surface area contributed by atoms with Crippen LogP contribution in [0.25, 0.3) is 11.0 Å². The maximum atomic E-state index is 12.4. The Morgan fingerprint density at radius 1 is 1.26 bits per heavy atom. The molecule has 1 amide bonds. The molecule has 122 valence electrons. The zero-order valence-corrected chi connectivity index (χ0v) is 13.6. The molecule has 1 fully saturated rings. The SMILES string of the molecule is COc1cc(Cl)cc2cc(C(=O)NC3CCCCC3)c(=O)oc12. The van der Waals surface area contributed by atoms with Gasteiger partial charge in [-0.3, -0.25) is 4.79 Å². The van der Waals surface area contributed by atoms with Crippen molar-refractivity contribution in [2.24, 2.45) is 0 Å². The number of hydrogen-bond acceptors (Lipinski definition) is 4. The molecule has 0 saturated heterocycles. The van der Waals surface area contributed by atoms with Gasteiger partial charge in [0.15, 0.2) is 11.3 Å². The standard InChI is InChI=1S/C17H18ClNO4/c1-22-14-9-11(18)7-10-8-13(17(21)23-15(10)14)16(20)19-12-5-3-2-4-6-12/h7-9,12H,2-6H2,1H3,(H,19,20). The summed E-state index contributed by atoms with van der Waals surface area (Å²) in [5.74, 6) is -0.0321. The summed E-state index contributed by atoms with van der Waals surface area (Å²) in [6.07, 6.45) is 5.30. The van der Waals surface area contributed by atoms with Crippen molar-refractivity contribution in [3.63, 3.8) is 0 Å². The summed E-state index contributed by atoms with van der Waals surface area (Å²) in [6, 6.07) is 4.84. The van der Waals surface area contributed by atoms with Gasteiger partial charge in [0.2, 0.25) is 0 Å². The van der Waals surface area contributed by atoms with Crippen molar-refractivity contribution in [2.45, 2.75) is 38.1 Å². The highest BCUT2D eigenvalue weighted by Gasteiger charge is 2.20. The summed E-state index contributed by atoms with van der Waals surface area (Å²) in [6.45, 7) is 0. The molecule has 2 aromatic rings. The maximum Gasteiger partial charge on any atom is 0.349 e. The minimum absolute atomic E-state index is 0.00704. The van der Waals surface area contributed by atoms with Gasteiger partial charge in [0.05, 0.1) is 7.11 Å². The number of benzene rings is 1. The van der Waals surface area contributed by atoms with Crippen LogP contribution in [-0.4, -0.2) is 19.1 Å². The molecule has 0 atom stereocenters. The molecule has 0 spiro atoms. The summed E-state index contributed by atoms with van der Waals surface area (Å²) in [5, 5.41) is 3.92. The molecule has 1 heterocycles. The van der Waals surface area contributed by atoms with Gasteiger partial charge in [-0.2, -0.15) is 0 Å². The van der Waals surface area contributed by atoms with Gasteiger partial charge in [-0.05, 0) is 25.0 Å². The first kappa shape index (κ1) is 15.9. The van der Waals surface area contributed by atoms with E-state index in [4.69, 9.17) is 20.8 Å². The summed E-state index contributed by atoms with van der Waals surface area (Å²) >= 11 is 6.03. The van der Waals surface area contributed by atoms with Crippen LogP contribution in [0.4, 0.5) is 0 Å². The van der Waals surface area contributed by atoms with Crippen LogP contribution in [0.1, 0.15) is 42.5 Å². The second-order valence-corrected chi connectivity index (χ2v) is 6.22. The predicted molar refractivity (Wildman–Crippen MR) is 88.4 cm³/mol. The lowest BCUT2D eigenvalue weighted by atomic mass is 9.95. The van der Waals surface area contributed by atoms with E-state index in [0.29, 0.717) is 16.2 Å². The number of halogens is 1. The van der Waals surface area contributed by atoms with E-state index in [0.717, 1.165) is 25.7 Å². The van der Waals surface area contributed by atoms with Gasteiger partial charge in [-0.15, -0.1) is 0 Å². The van der Waals surface area contributed by atoms with E-state index in [9.17, 15) is 9.59 Å². The molecule has 5 nitrogen and oxygen atoms in total. The lowest BCUT2D eigenvalue weighted by Crippen LogP contribution is -2.38. The number of ether oxygens (including phenoxy) is 1. The Balaban J connectivity index is 1.95. The Kier molecular flexibility index (Phi) is 4.57. The zero-order chi connectivity index (χ0) is 16.4. The van der Waals surface area contributed by atoms with Crippen molar-refractivity contribution < 1.29 is 13.9 Å². The van der Waals surface area contributed by atoms with Crippen molar-refractivity contribution in [2.75, 3.05) is 7.11 Å².